The number of halogens is 2. The Hall–Kier alpha value is -7.36. The van der Waals surface area contributed by atoms with Gasteiger partial charge >= 0.3 is 21.1 Å². The van der Waals surface area contributed by atoms with E-state index in [1.165, 1.54) is 66.9 Å². The number of aromatic nitrogens is 10. The molecule has 12 aromatic rings. The number of imidazole rings is 2. The van der Waals surface area contributed by atoms with Crippen LogP contribution in [0.25, 0.3) is 95.3 Å². The van der Waals surface area contributed by atoms with Crippen LogP contribution in [0.15, 0.2) is 195 Å². The first-order valence-corrected chi connectivity index (χ1v) is 34.1. The molecule has 544 valence electrons. The maximum Gasteiger partial charge on any atom is 2.00 e. The molecule has 17 heteroatoms. The number of pyridine rings is 2. The minimum atomic E-state index is -0.649. The topological polar surface area (TPSA) is 115 Å². The van der Waals surface area contributed by atoms with E-state index in [1.807, 2.05) is 121 Å². The molecule has 0 unspecified atom stereocenters. The molecule has 0 saturated carbocycles. The summed E-state index contributed by atoms with van der Waals surface area (Å²) in [6, 6.07) is 61.9. The molecule has 103 heavy (non-hydrogen) atoms. The Kier molecular flexibility index (Phi) is 35.1. The number of fused-ring (bicyclic) bond motifs is 8. The molecule has 7 aromatic heterocycles. The molecular formula is C86H84F2Ir2N10Pt3-4. The van der Waals surface area contributed by atoms with Crippen molar-refractivity contribution in [2.45, 2.75) is 128 Å². The van der Waals surface area contributed by atoms with Crippen LogP contribution >= 0.6 is 0 Å². The summed E-state index contributed by atoms with van der Waals surface area (Å²) in [5, 5.41) is 0. The molecule has 0 atom stereocenters. The van der Waals surface area contributed by atoms with Gasteiger partial charge in [0.2, 0.25) is 0 Å². The van der Waals surface area contributed by atoms with E-state index in [9.17, 15) is 8.78 Å². The summed E-state index contributed by atoms with van der Waals surface area (Å²) < 4.78 is 29.9. The van der Waals surface area contributed by atoms with E-state index in [0.29, 0.717) is 5.69 Å². The molecule has 10 nitrogen and oxygen atoms in total. The number of benzene rings is 5. The van der Waals surface area contributed by atoms with Crippen LogP contribution in [0.5, 0.6) is 0 Å². The van der Waals surface area contributed by atoms with Crippen LogP contribution in [0.3, 0.4) is 0 Å². The Balaban J connectivity index is 0.000000253. The second-order valence-electron chi connectivity index (χ2n) is 23.8. The summed E-state index contributed by atoms with van der Waals surface area (Å²) in [5.74, 6) is 0.599. The third-order valence-corrected chi connectivity index (χ3v) is 17.5. The zero-order valence-electron chi connectivity index (χ0n) is 60.0. The quantitative estimate of drug-likeness (QED) is 0.105. The molecule has 2 radical (unpaired) electrons. The maximum atomic E-state index is 13.2. The van der Waals surface area contributed by atoms with Crippen LogP contribution in [0.1, 0.15) is 143 Å². The molecule has 9 heterocycles. The van der Waals surface area contributed by atoms with E-state index in [0.717, 1.165) is 142 Å². The van der Waals surface area contributed by atoms with E-state index in [1.54, 1.807) is 36.8 Å². The summed E-state index contributed by atoms with van der Waals surface area (Å²) in [6.07, 6.45) is 18.5. The number of allylic oxidation sites excluding steroid dienone is 4. The van der Waals surface area contributed by atoms with Gasteiger partial charge in [-0.25, -0.2) is 9.97 Å². The predicted molar refractivity (Wildman–Crippen MR) is 398 cm³/mol. The Labute approximate surface area is 677 Å². The summed E-state index contributed by atoms with van der Waals surface area (Å²) >= 11 is 0. The largest absolute Gasteiger partial charge is 2.00 e. The zero-order valence-corrected chi connectivity index (χ0v) is 71.6. The van der Waals surface area contributed by atoms with Gasteiger partial charge in [0.05, 0.1) is 34.4 Å². The molecule has 0 aliphatic carbocycles. The Morgan fingerprint density at radius 1 is 0.408 bits per heavy atom. The van der Waals surface area contributed by atoms with Crippen molar-refractivity contribution in [2.24, 2.45) is 7.05 Å². The van der Waals surface area contributed by atoms with Crippen molar-refractivity contribution in [3.8, 4) is 51.0 Å². The maximum absolute atomic E-state index is 13.2. The summed E-state index contributed by atoms with van der Waals surface area (Å²) in [4.78, 5) is 37.9. The molecular weight excluding hydrogens is 2180 g/mol. The van der Waals surface area contributed by atoms with Crippen molar-refractivity contribution in [3.05, 3.63) is 293 Å². The summed E-state index contributed by atoms with van der Waals surface area (Å²) in [6.45, 7) is 24.4. The molecule has 0 fully saturated rings. The van der Waals surface area contributed by atoms with Gasteiger partial charge in [-0.1, -0.05) is 156 Å². The summed E-state index contributed by atoms with van der Waals surface area (Å²) in [5.41, 5.74) is 28.9. The molecule has 0 amide bonds. The van der Waals surface area contributed by atoms with Crippen molar-refractivity contribution < 1.29 is 112 Å². The van der Waals surface area contributed by atoms with Crippen LogP contribution < -0.4 is 9.97 Å². The fourth-order valence-electron chi connectivity index (χ4n) is 13.1. The fraction of sp³-hybridized carbons (Fsp3) is 0.233. The van der Waals surface area contributed by atoms with E-state index < -0.39 is 11.6 Å². The number of hydrogen-bond donors (Lipinski definition) is 0. The Morgan fingerprint density at radius 3 is 1.16 bits per heavy atom. The standard InChI is InChI=1S/C36H44N4.C18H17N2.C11H6F2N.C11H8N.C10H9N2.2Ir.3Pt/c1-9-21-22(10-2)30-18-32-25(13-5)26(14-6)34(39-32)20-36-28(16-8)27(15-7)35(40-36)19-33-24(12-4)23(11-3)31(38-33)17-29(21)37-30;1-13-11-14(2)17(15(3)12-13)20-10-9-19-18(20)16-7-5-4-6-8-16;12-8-4-5-9(10(13)7-8)11-3-1-2-6-14-11;1-2-6-10(7-3-1)11-8-4-5-9-12-11;1-12-8-7-11-10(12)9-5-3-2-4-6-9;;;;;/h17-20H,9-16H2,1-8H3;4-7,9-12H,1-3H3;1-4,6-7H;1-6,8-9H;2-5,7-8H,1H3;;;;;/q-2;4*-1;;;;;+2. The first-order valence-electron chi connectivity index (χ1n) is 34.1. The van der Waals surface area contributed by atoms with E-state index in [2.05, 4.69) is 161 Å². The molecule has 0 saturated heterocycles. The second-order valence-corrected chi connectivity index (χ2v) is 23.8. The van der Waals surface area contributed by atoms with Crippen molar-refractivity contribution in [2.75, 3.05) is 0 Å². The molecule has 5 aromatic carbocycles. The van der Waals surface area contributed by atoms with Crippen LogP contribution in [-0.4, -0.2) is 39.0 Å². The van der Waals surface area contributed by atoms with Gasteiger partial charge in [-0.05, 0) is 129 Å². The summed E-state index contributed by atoms with van der Waals surface area (Å²) in [7, 11) is 1.98. The molecule has 14 rings (SSSR count). The molecule has 0 spiro atoms. The second kappa shape index (κ2) is 42.0. The average molecular weight is 2270 g/mol. The van der Waals surface area contributed by atoms with Crippen molar-refractivity contribution in [1.82, 2.24) is 49.0 Å². The smallest absolute Gasteiger partial charge is 0.657 e. The number of rotatable bonds is 13. The fourth-order valence-corrected chi connectivity index (χ4v) is 13.1. The van der Waals surface area contributed by atoms with Crippen molar-refractivity contribution in [3.63, 3.8) is 0 Å². The monoisotopic (exact) mass is 2270 g/mol. The minimum absolute atomic E-state index is 0. The predicted octanol–water partition coefficient (Wildman–Crippen LogP) is 20.8. The number of nitrogens with zero attached hydrogens (tertiary/aromatic N) is 10. The number of hydrogen-bond acceptors (Lipinski definition) is 6. The Bertz CT molecular complexity index is 4620. The van der Waals surface area contributed by atoms with E-state index in [4.69, 9.17) is 19.9 Å². The van der Waals surface area contributed by atoms with Gasteiger partial charge in [-0.3, -0.25) is 18.7 Å². The van der Waals surface area contributed by atoms with Gasteiger partial charge < -0.3 is 29.1 Å². The third kappa shape index (κ3) is 20.8. The normalized spacial score (nSPS) is 11.0. The van der Waals surface area contributed by atoms with E-state index in [-0.39, 0.29) is 109 Å². The van der Waals surface area contributed by atoms with Gasteiger partial charge in [0.25, 0.3) is 0 Å². The molecule has 2 aliphatic heterocycles. The molecule has 2 aliphatic rings. The SMILES string of the molecule is CCC1=C(CC)c2cc3[n-]c(cc4nc(cc5[n-]c(cc1n2)c(CC)c5CC)C(CC)=C4CC)c(CC)c3CC.Cc1cc(C)c(-n2ccnc2-c2[c-]cccc2)c(C)c1.Cn1ccnc1-c1[c-]cccc1.Fc1c[c-]c(-c2ccccn2)c(F)c1.[Ir].[Ir].[Pt+2].[Pt].[Pt].[c-]1ccccc1-c1ccccn1. The minimum Gasteiger partial charge on any atom is -0.657 e. The third-order valence-electron chi connectivity index (χ3n) is 17.5. The van der Waals surface area contributed by atoms with Gasteiger partial charge in [0.1, 0.15) is 0 Å². The van der Waals surface area contributed by atoms with Gasteiger partial charge in [0, 0.05) is 144 Å². The van der Waals surface area contributed by atoms with Crippen molar-refractivity contribution in [1.29, 1.82) is 0 Å². The van der Waals surface area contributed by atoms with Gasteiger partial charge in [-0.15, -0.1) is 142 Å². The molecule has 0 N–H and O–H groups in total. The Morgan fingerprint density at radius 2 is 0.796 bits per heavy atom. The van der Waals surface area contributed by atoms with Crippen molar-refractivity contribution >= 4 is 44.4 Å². The first kappa shape index (κ1) is 86.3. The molecule has 8 bridgehead atoms. The van der Waals surface area contributed by atoms with Crippen LogP contribution in [0.2, 0.25) is 0 Å². The number of aryl methyl sites for hydroxylation is 8. The first-order chi connectivity index (χ1) is 47.7. The van der Waals surface area contributed by atoms with Gasteiger partial charge in [0.15, 0.2) is 0 Å². The van der Waals surface area contributed by atoms with Gasteiger partial charge in [-0.2, -0.15) is 0 Å². The zero-order chi connectivity index (χ0) is 69.2. The van der Waals surface area contributed by atoms with Crippen LogP contribution in [0.4, 0.5) is 8.78 Å². The average Bonchev–Trinajstić information content (AvgIpc) is 1.61. The van der Waals surface area contributed by atoms with E-state index >= 15 is 0 Å². The van der Waals surface area contributed by atoms with Crippen LogP contribution in [-0.2, 0) is 136 Å². The van der Waals surface area contributed by atoms with Crippen LogP contribution in [0, 0.1) is 56.7 Å².